The molecule has 0 spiro atoms. The van der Waals surface area contributed by atoms with E-state index >= 15 is 0 Å². The van der Waals surface area contributed by atoms with Crippen molar-refractivity contribution in [1.29, 1.82) is 0 Å². The summed E-state index contributed by atoms with van der Waals surface area (Å²) in [7, 11) is 1.66. The fourth-order valence-corrected chi connectivity index (χ4v) is 1.66. The Morgan fingerprint density at radius 2 is 2.29 bits per heavy atom. The zero-order valence-corrected chi connectivity index (χ0v) is 8.80. The van der Waals surface area contributed by atoms with Crippen LogP contribution in [0.2, 0.25) is 0 Å². The van der Waals surface area contributed by atoms with E-state index in [2.05, 4.69) is 5.32 Å². The molecule has 1 aromatic rings. The number of para-hydroxylation sites is 1. The first kappa shape index (κ1) is 11.1. The number of methoxy groups -OCH3 is 1. The molecule has 0 fully saturated rings. The molecule has 14 heavy (non-hydrogen) atoms. The van der Waals surface area contributed by atoms with Gasteiger partial charge in [-0.05, 0) is 11.6 Å². The zero-order valence-electron chi connectivity index (χ0n) is 7.99. The normalized spacial score (nSPS) is 18.9. The van der Waals surface area contributed by atoms with Crippen LogP contribution in [0, 0.1) is 0 Å². The van der Waals surface area contributed by atoms with Crippen LogP contribution in [-0.4, -0.2) is 24.9 Å². The predicted molar refractivity (Wildman–Crippen MR) is 58.4 cm³/mol. The van der Waals surface area contributed by atoms with Gasteiger partial charge >= 0.3 is 0 Å². The average molecular weight is 216 g/mol. The maximum Gasteiger partial charge on any atom is 0.142 e. The standard InChI is InChI=1S/C10H13NO2.ClH/c1-13-9-4-2-3-7-5-8(12)6-11-10(7)9;/h2-4,8,11-12H,5-6H2,1H3;1H. The highest BCUT2D eigenvalue weighted by atomic mass is 35.5. The lowest BCUT2D eigenvalue weighted by Crippen LogP contribution is -2.27. The van der Waals surface area contributed by atoms with E-state index in [9.17, 15) is 5.11 Å². The van der Waals surface area contributed by atoms with E-state index in [1.807, 2.05) is 18.2 Å². The summed E-state index contributed by atoms with van der Waals surface area (Å²) >= 11 is 0. The summed E-state index contributed by atoms with van der Waals surface area (Å²) in [5.41, 5.74) is 2.15. The van der Waals surface area contributed by atoms with Crippen LogP contribution in [-0.2, 0) is 6.42 Å². The molecule has 0 aromatic heterocycles. The molecule has 0 saturated heterocycles. The Labute approximate surface area is 89.5 Å². The number of halogens is 1. The van der Waals surface area contributed by atoms with Gasteiger partial charge in [-0.3, -0.25) is 0 Å². The number of hydrogen-bond acceptors (Lipinski definition) is 3. The Balaban J connectivity index is 0.000000980. The molecule has 1 heterocycles. The van der Waals surface area contributed by atoms with Gasteiger partial charge in [0.05, 0.1) is 18.9 Å². The number of nitrogens with one attached hydrogen (secondary N) is 1. The highest BCUT2D eigenvalue weighted by molar-refractivity contribution is 5.85. The van der Waals surface area contributed by atoms with Crippen molar-refractivity contribution in [3.8, 4) is 5.75 Å². The Kier molecular flexibility index (Phi) is 3.61. The first-order chi connectivity index (χ1) is 6.31. The molecule has 78 valence electrons. The summed E-state index contributed by atoms with van der Waals surface area (Å²) in [5, 5.41) is 12.6. The molecule has 1 aliphatic heterocycles. The third kappa shape index (κ3) is 1.94. The number of rotatable bonds is 1. The zero-order chi connectivity index (χ0) is 9.26. The van der Waals surface area contributed by atoms with Crippen LogP contribution in [0.5, 0.6) is 5.75 Å². The summed E-state index contributed by atoms with van der Waals surface area (Å²) in [4.78, 5) is 0. The summed E-state index contributed by atoms with van der Waals surface area (Å²) in [6, 6.07) is 5.87. The first-order valence-electron chi connectivity index (χ1n) is 4.39. The molecule has 1 aliphatic rings. The van der Waals surface area contributed by atoms with E-state index < -0.39 is 0 Å². The van der Waals surface area contributed by atoms with Gasteiger partial charge in [-0.1, -0.05) is 12.1 Å². The van der Waals surface area contributed by atoms with Gasteiger partial charge in [0.1, 0.15) is 5.75 Å². The van der Waals surface area contributed by atoms with E-state index in [0.717, 1.165) is 17.0 Å². The second-order valence-corrected chi connectivity index (χ2v) is 3.23. The molecule has 1 aromatic carbocycles. The van der Waals surface area contributed by atoms with Crippen LogP contribution in [0.15, 0.2) is 18.2 Å². The molecule has 0 radical (unpaired) electrons. The molecule has 4 heteroatoms. The van der Waals surface area contributed by atoms with Crippen LogP contribution in [0.4, 0.5) is 5.69 Å². The lowest BCUT2D eigenvalue weighted by atomic mass is 10.0. The van der Waals surface area contributed by atoms with Crippen LogP contribution in [0.3, 0.4) is 0 Å². The second kappa shape index (κ2) is 4.53. The molecule has 1 atom stereocenters. The van der Waals surface area contributed by atoms with Gasteiger partial charge in [0.15, 0.2) is 0 Å². The van der Waals surface area contributed by atoms with Gasteiger partial charge in [0.2, 0.25) is 0 Å². The lowest BCUT2D eigenvalue weighted by Gasteiger charge is -2.23. The molecule has 2 rings (SSSR count). The SMILES string of the molecule is COc1cccc2c1NCC(O)C2.Cl. The number of β-amino-alcohol motifs (C(OH)–C–C–N with tert-alkyl or cyclic N) is 1. The third-order valence-electron chi connectivity index (χ3n) is 2.30. The Morgan fingerprint density at radius 1 is 1.50 bits per heavy atom. The van der Waals surface area contributed by atoms with Crippen molar-refractivity contribution >= 4 is 18.1 Å². The number of anilines is 1. The van der Waals surface area contributed by atoms with E-state index in [-0.39, 0.29) is 18.5 Å². The Bertz CT molecular complexity index is 317. The summed E-state index contributed by atoms with van der Waals surface area (Å²) in [6.45, 7) is 0.605. The minimum absolute atomic E-state index is 0. The van der Waals surface area contributed by atoms with Crippen molar-refractivity contribution in [2.24, 2.45) is 0 Å². The van der Waals surface area contributed by atoms with Gasteiger partial charge < -0.3 is 15.2 Å². The molecule has 0 bridgehead atoms. The maximum atomic E-state index is 9.42. The van der Waals surface area contributed by atoms with E-state index in [0.29, 0.717) is 13.0 Å². The average Bonchev–Trinajstić information content (AvgIpc) is 2.16. The number of fused-ring (bicyclic) bond motifs is 1. The highest BCUT2D eigenvalue weighted by Crippen LogP contribution is 2.31. The van der Waals surface area contributed by atoms with Crippen molar-refractivity contribution in [2.75, 3.05) is 19.0 Å². The number of hydrogen-bond donors (Lipinski definition) is 2. The van der Waals surface area contributed by atoms with Crippen molar-refractivity contribution in [3.63, 3.8) is 0 Å². The molecule has 0 saturated carbocycles. The topological polar surface area (TPSA) is 41.5 Å². The minimum atomic E-state index is -0.278. The van der Waals surface area contributed by atoms with Crippen molar-refractivity contribution < 1.29 is 9.84 Å². The van der Waals surface area contributed by atoms with Crippen molar-refractivity contribution in [3.05, 3.63) is 23.8 Å². The summed E-state index contributed by atoms with van der Waals surface area (Å²) < 4.78 is 5.20. The Hall–Kier alpha value is -0.930. The van der Waals surface area contributed by atoms with Gasteiger partial charge in [0.25, 0.3) is 0 Å². The molecule has 0 aliphatic carbocycles. The predicted octanol–water partition coefficient (Wildman–Crippen LogP) is 1.45. The van der Waals surface area contributed by atoms with E-state index in [4.69, 9.17) is 4.74 Å². The first-order valence-corrected chi connectivity index (χ1v) is 4.39. The monoisotopic (exact) mass is 215 g/mol. The van der Waals surface area contributed by atoms with Crippen LogP contribution >= 0.6 is 12.4 Å². The number of aliphatic hydroxyl groups is 1. The van der Waals surface area contributed by atoms with Gasteiger partial charge in [0, 0.05) is 13.0 Å². The fourth-order valence-electron chi connectivity index (χ4n) is 1.66. The lowest BCUT2D eigenvalue weighted by molar-refractivity contribution is 0.184. The largest absolute Gasteiger partial charge is 0.495 e. The molecule has 2 N–H and O–H groups in total. The summed E-state index contributed by atoms with van der Waals surface area (Å²) in [6.07, 6.45) is 0.430. The van der Waals surface area contributed by atoms with Crippen LogP contribution in [0.1, 0.15) is 5.56 Å². The minimum Gasteiger partial charge on any atom is -0.495 e. The molecular weight excluding hydrogens is 202 g/mol. The van der Waals surface area contributed by atoms with Crippen molar-refractivity contribution in [1.82, 2.24) is 0 Å². The quantitative estimate of drug-likeness (QED) is 0.745. The van der Waals surface area contributed by atoms with Gasteiger partial charge in [-0.25, -0.2) is 0 Å². The molecule has 1 unspecified atom stereocenters. The van der Waals surface area contributed by atoms with Gasteiger partial charge in [-0.15, -0.1) is 12.4 Å². The second-order valence-electron chi connectivity index (χ2n) is 3.23. The van der Waals surface area contributed by atoms with E-state index in [1.165, 1.54) is 0 Å². The maximum absolute atomic E-state index is 9.42. The smallest absolute Gasteiger partial charge is 0.142 e. The number of aliphatic hydroxyl groups excluding tert-OH is 1. The summed E-state index contributed by atoms with van der Waals surface area (Å²) in [5.74, 6) is 0.851. The highest BCUT2D eigenvalue weighted by Gasteiger charge is 2.18. The Morgan fingerprint density at radius 3 is 3.00 bits per heavy atom. The molecule has 3 nitrogen and oxygen atoms in total. The van der Waals surface area contributed by atoms with Crippen LogP contribution < -0.4 is 10.1 Å². The van der Waals surface area contributed by atoms with Gasteiger partial charge in [-0.2, -0.15) is 0 Å². The number of ether oxygens (including phenoxy) is 1. The third-order valence-corrected chi connectivity index (χ3v) is 2.30. The van der Waals surface area contributed by atoms with Crippen molar-refractivity contribution in [2.45, 2.75) is 12.5 Å². The van der Waals surface area contributed by atoms with Crippen LogP contribution in [0.25, 0.3) is 0 Å². The fraction of sp³-hybridized carbons (Fsp3) is 0.400. The van der Waals surface area contributed by atoms with E-state index in [1.54, 1.807) is 7.11 Å². The molecular formula is C10H14ClNO2. The molecule has 0 amide bonds. The number of benzene rings is 1.